The summed E-state index contributed by atoms with van der Waals surface area (Å²) >= 11 is 0. The van der Waals surface area contributed by atoms with E-state index in [9.17, 15) is 4.79 Å². The number of fused-ring (bicyclic) bond motifs is 1. The summed E-state index contributed by atoms with van der Waals surface area (Å²) in [6.07, 6.45) is 4.76. The summed E-state index contributed by atoms with van der Waals surface area (Å²) in [6, 6.07) is 28.1. The Balaban J connectivity index is 1.32. The average Bonchev–Trinajstić information content (AvgIpc) is 3.30. The lowest BCUT2D eigenvalue weighted by molar-refractivity contribution is 0.140. The van der Waals surface area contributed by atoms with Crippen molar-refractivity contribution in [2.45, 2.75) is 70.1 Å². The second-order valence-electron chi connectivity index (χ2n) is 12.3. The highest BCUT2D eigenvalue weighted by atomic mass is 28.4. The minimum absolute atomic E-state index is 0.00928. The van der Waals surface area contributed by atoms with E-state index in [2.05, 4.69) is 93.6 Å². The molecule has 5 nitrogen and oxygen atoms in total. The highest BCUT2D eigenvalue weighted by Gasteiger charge is 2.52. The van der Waals surface area contributed by atoms with Crippen LogP contribution in [0.25, 0.3) is 0 Å². The number of anilines is 1. The fraction of sp³-hybridized carbons (Fsp3) is 0.424. The summed E-state index contributed by atoms with van der Waals surface area (Å²) in [6.45, 7) is 8.29. The SMILES string of the molecule is CN(C(=O)N1CC[C@H](O[Si](c2ccccc2)(c2ccccc2)C(C)(C)C)C1)C1CCc2ccc(N)cc2CC1. The lowest BCUT2D eigenvalue weighted by atomic mass is 10.0. The van der Waals surface area contributed by atoms with Gasteiger partial charge in [-0.05, 0) is 70.8 Å². The molecule has 1 unspecified atom stereocenters. The smallest absolute Gasteiger partial charge is 0.320 e. The van der Waals surface area contributed by atoms with Crippen molar-refractivity contribution >= 4 is 30.4 Å². The number of hydrogen-bond donors (Lipinski definition) is 1. The molecule has 0 radical (unpaired) electrons. The molecular weight excluding hydrogens is 498 g/mol. The van der Waals surface area contributed by atoms with Crippen LogP contribution in [0, 0.1) is 0 Å². The van der Waals surface area contributed by atoms with E-state index in [4.69, 9.17) is 10.2 Å². The lowest BCUT2D eigenvalue weighted by Crippen LogP contribution is -2.67. The topological polar surface area (TPSA) is 58.8 Å². The fourth-order valence-corrected chi connectivity index (χ4v) is 11.3. The minimum atomic E-state index is -2.65. The van der Waals surface area contributed by atoms with Crippen molar-refractivity contribution in [1.82, 2.24) is 9.80 Å². The van der Waals surface area contributed by atoms with Gasteiger partial charge in [0.05, 0.1) is 6.10 Å². The fourth-order valence-electron chi connectivity index (χ4n) is 6.62. The first-order valence-electron chi connectivity index (χ1n) is 14.4. The van der Waals surface area contributed by atoms with Crippen molar-refractivity contribution in [1.29, 1.82) is 0 Å². The van der Waals surface area contributed by atoms with E-state index in [1.807, 2.05) is 22.9 Å². The van der Waals surface area contributed by atoms with Crippen LogP contribution in [-0.2, 0) is 17.3 Å². The molecule has 1 heterocycles. The van der Waals surface area contributed by atoms with Gasteiger partial charge in [0.25, 0.3) is 8.32 Å². The summed E-state index contributed by atoms with van der Waals surface area (Å²) in [5, 5.41) is 2.48. The Morgan fingerprint density at radius 1 is 0.897 bits per heavy atom. The monoisotopic (exact) mass is 541 g/mol. The quantitative estimate of drug-likeness (QED) is 0.274. The van der Waals surface area contributed by atoms with Crippen LogP contribution in [0.3, 0.4) is 0 Å². The molecular formula is C33H43N3O2Si. The maximum Gasteiger partial charge on any atom is 0.320 e. The van der Waals surface area contributed by atoms with Gasteiger partial charge in [-0.3, -0.25) is 0 Å². The molecule has 0 bridgehead atoms. The van der Waals surface area contributed by atoms with E-state index in [-0.39, 0.29) is 23.2 Å². The van der Waals surface area contributed by atoms with Crippen molar-refractivity contribution < 1.29 is 9.22 Å². The largest absolute Gasteiger partial charge is 0.403 e. The number of aryl methyl sites for hydroxylation is 2. The number of amides is 2. The van der Waals surface area contributed by atoms with Crippen LogP contribution in [0.4, 0.5) is 10.5 Å². The van der Waals surface area contributed by atoms with Gasteiger partial charge in [-0.25, -0.2) is 4.79 Å². The molecule has 2 N–H and O–H groups in total. The summed E-state index contributed by atoms with van der Waals surface area (Å²) in [5.74, 6) is 0. The third kappa shape index (κ3) is 5.50. The average molecular weight is 542 g/mol. The Morgan fingerprint density at radius 2 is 1.49 bits per heavy atom. The van der Waals surface area contributed by atoms with Gasteiger partial charge in [0.1, 0.15) is 0 Å². The van der Waals surface area contributed by atoms with Gasteiger partial charge in [0, 0.05) is 31.9 Å². The molecule has 1 aliphatic carbocycles. The number of nitrogens with two attached hydrogens (primary N) is 1. The van der Waals surface area contributed by atoms with Crippen molar-refractivity contribution in [2.75, 3.05) is 25.9 Å². The van der Waals surface area contributed by atoms with Gasteiger partial charge in [-0.2, -0.15) is 0 Å². The van der Waals surface area contributed by atoms with Crippen molar-refractivity contribution in [3.8, 4) is 0 Å². The molecule has 3 aromatic rings. The molecule has 0 spiro atoms. The molecule has 2 amide bonds. The molecule has 3 aromatic carbocycles. The predicted molar refractivity (Wildman–Crippen MR) is 163 cm³/mol. The van der Waals surface area contributed by atoms with Gasteiger partial charge in [0.15, 0.2) is 0 Å². The van der Waals surface area contributed by atoms with Gasteiger partial charge >= 0.3 is 6.03 Å². The van der Waals surface area contributed by atoms with Crippen LogP contribution in [0.1, 0.15) is 51.2 Å². The highest BCUT2D eigenvalue weighted by Crippen LogP contribution is 2.38. The number of urea groups is 1. The molecule has 5 rings (SSSR count). The van der Waals surface area contributed by atoms with E-state index in [0.717, 1.165) is 44.3 Å². The zero-order valence-electron chi connectivity index (χ0n) is 23.9. The van der Waals surface area contributed by atoms with E-state index >= 15 is 0 Å². The van der Waals surface area contributed by atoms with E-state index < -0.39 is 8.32 Å². The van der Waals surface area contributed by atoms with Crippen LogP contribution in [0.2, 0.25) is 5.04 Å². The normalized spacial score (nSPS) is 19.8. The van der Waals surface area contributed by atoms with Gasteiger partial charge in [0.2, 0.25) is 0 Å². The first-order chi connectivity index (χ1) is 18.7. The Labute approximate surface area is 235 Å². The van der Waals surface area contributed by atoms with Crippen LogP contribution < -0.4 is 16.1 Å². The summed E-state index contributed by atoms with van der Waals surface area (Å²) in [5.41, 5.74) is 9.56. The number of carbonyl (C=O) groups excluding carboxylic acids is 1. The predicted octanol–water partition coefficient (Wildman–Crippen LogP) is 5.22. The van der Waals surface area contributed by atoms with Crippen LogP contribution >= 0.6 is 0 Å². The summed E-state index contributed by atoms with van der Waals surface area (Å²) in [7, 11) is -0.668. The Morgan fingerprint density at radius 3 is 2.08 bits per heavy atom. The molecule has 6 heteroatoms. The molecule has 2 aliphatic rings. The Hall–Kier alpha value is -3.09. The third-order valence-electron chi connectivity index (χ3n) is 8.75. The van der Waals surface area contributed by atoms with Gasteiger partial charge < -0.3 is 20.0 Å². The molecule has 39 heavy (non-hydrogen) atoms. The van der Waals surface area contributed by atoms with Crippen LogP contribution in [-0.4, -0.2) is 56.4 Å². The number of carbonyl (C=O) groups is 1. The van der Waals surface area contributed by atoms with Crippen LogP contribution in [0.15, 0.2) is 78.9 Å². The second kappa shape index (κ2) is 11.2. The Kier molecular flexibility index (Phi) is 7.88. The number of benzene rings is 3. The van der Waals surface area contributed by atoms with E-state index in [0.29, 0.717) is 6.54 Å². The van der Waals surface area contributed by atoms with E-state index in [1.54, 1.807) is 0 Å². The zero-order chi connectivity index (χ0) is 27.6. The maximum atomic E-state index is 13.7. The van der Waals surface area contributed by atoms with Crippen molar-refractivity contribution in [2.24, 2.45) is 0 Å². The Bertz CT molecular complexity index is 1240. The molecule has 1 fully saturated rings. The van der Waals surface area contributed by atoms with Crippen molar-refractivity contribution in [3.63, 3.8) is 0 Å². The standard InChI is InChI=1S/C33H43N3O2Si/c1-33(2,3)39(30-11-7-5-8-12-30,31-13-9-6-10-14-31)38-29-21-22-36(24-29)32(37)35(4)28-19-16-25-15-18-27(34)23-26(25)17-20-28/h5-15,18,23,28-29H,16-17,19-22,24,34H2,1-4H3/t28?,29-/m0/s1. The summed E-state index contributed by atoms with van der Waals surface area (Å²) < 4.78 is 7.33. The second-order valence-corrected chi connectivity index (χ2v) is 16.5. The van der Waals surface area contributed by atoms with Crippen LogP contribution in [0.5, 0.6) is 0 Å². The highest BCUT2D eigenvalue weighted by molar-refractivity contribution is 6.99. The molecule has 1 aliphatic heterocycles. The molecule has 0 aromatic heterocycles. The number of nitrogens with zero attached hydrogens (tertiary/aromatic N) is 2. The molecule has 2 atom stereocenters. The molecule has 206 valence electrons. The number of rotatable bonds is 5. The lowest BCUT2D eigenvalue weighted by Gasteiger charge is -2.44. The number of nitrogen functional groups attached to an aromatic ring is 1. The number of hydrogen-bond acceptors (Lipinski definition) is 3. The molecule has 1 saturated heterocycles. The van der Waals surface area contributed by atoms with E-state index in [1.165, 1.54) is 21.5 Å². The van der Waals surface area contributed by atoms with Gasteiger partial charge in [-0.1, -0.05) is 87.5 Å². The maximum absolute atomic E-state index is 13.7. The molecule has 0 saturated carbocycles. The minimum Gasteiger partial charge on any atom is -0.403 e. The first-order valence-corrected chi connectivity index (χ1v) is 16.3. The zero-order valence-corrected chi connectivity index (χ0v) is 24.9. The first kappa shape index (κ1) is 27.5. The number of likely N-dealkylation sites (tertiary alicyclic amines) is 1. The van der Waals surface area contributed by atoms with Gasteiger partial charge in [-0.15, -0.1) is 0 Å². The van der Waals surface area contributed by atoms with Crippen molar-refractivity contribution in [3.05, 3.63) is 90.0 Å². The third-order valence-corrected chi connectivity index (χ3v) is 13.8. The summed E-state index contributed by atoms with van der Waals surface area (Å²) in [4.78, 5) is 17.7.